The maximum atomic E-state index is 10.6. The lowest BCUT2D eigenvalue weighted by Gasteiger charge is -1.99. The smallest absolute Gasteiger partial charge is 0.316 e. The van der Waals surface area contributed by atoms with E-state index in [4.69, 9.17) is 14.0 Å². The normalized spacial score (nSPS) is 12.6. The van der Waals surface area contributed by atoms with E-state index in [1.54, 1.807) is 13.0 Å². The molecule has 1 atom stereocenters. The largest absolute Gasteiger partial charge is 0.480 e. The number of thioether (sulfide) groups is 1. The summed E-state index contributed by atoms with van der Waals surface area (Å²) in [6, 6.07) is 1.66. The summed E-state index contributed by atoms with van der Waals surface area (Å²) >= 11 is 0.976. The van der Waals surface area contributed by atoms with Crippen LogP contribution in [-0.2, 0) is 4.79 Å². The lowest BCUT2D eigenvalue weighted by atomic mass is 10.4. The number of carboxylic acid groups (broad SMARTS) is 1. The zero-order valence-electron chi connectivity index (χ0n) is 9.08. The standard InChI is InChI=1S/C9H9N3O4S/c1-4-3-6(12-16-4)7-10-11-9(15-7)17-5(2)8(13)14/h3,5H,1-2H3,(H,13,14)/t5-/m0/s1. The minimum absolute atomic E-state index is 0.190. The van der Waals surface area contributed by atoms with Crippen LogP contribution in [0.25, 0.3) is 11.6 Å². The van der Waals surface area contributed by atoms with Gasteiger partial charge in [-0.2, -0.15) is 0 Å². The Kier molecular flexibility index (Phi) is 3.14. The zero-order valence-corrected chi connectivity index (χ0v) is 9.89. The molecule has 0 saturated heterocycles. The molecule has 1 N–H and O–H groups in total. The molecule has 0 bridgehead atoms. The highest BCUT2D eigenvalue weighted by atomic mass is 32.2. The molecule has 0 aromatic carbocycles. The van der Waals surface area contributed by atoms with E-state index in [1.807, 2.05) is 0 Å². The quantitative estimate of drug-likeness (QED) is 0.822. The highest BCUT2D eigenvalue weighted by Crippen LogP contribution is 2.25. The number of nitrogens with zero attached hydrogens (tertiary/aromatic N) is 3. The monoisotopic (exact) mass is 255 g/mol. The van der Waals surface area contributed by atoms with Crippen molar-refractivity contribution in [1.29, 1.82) is 0 Å². The highest BCUT2D eigenvalue weighted by molar-refractivity contribution is 8.00. The second-order valence-corrected chi connectivity index (χ2v) is 4.59. The third-order valence-electron chi connectivity index (χ3n) is 1.88. The molecule has 7 nitrogen and oxygen atoms in total. The van der Waals surface area contributed by atoms with Gasteiger partial charge in [0.25, 0.3) is 11.1 Å². The summed E-state index contributed by atoms with van der Waals surface area (Å²) in [6.45, 7) is 3.28. The van der Waals surface area contributed by atoms with Crippen LogP contribution in [0, 0.1) is 6.92 Å². The van der Waals surface area contributed by atoms with Gasteiger partial charge in [0.1, 0.15) is 11.0 Å². The van der Waals surface area contributed by atoms with Crippen LogP contribution in [0.1, 0.15) is 12.7 Å². The fourth-order valence-electron chi connectivity index (χ4n) is 1.03. The highest BCUT2D eigenvalue weighted by Gasteiger charge is 2.18. The number of hydrogen-bond donors (Lipinski definition) is 1. The predicted octanol–water partition coefficient (Wildman–Crippen LogP) is 1.60. The molecule has 90 valence electrons. The van der Waals surface area contributed by atoms with Crippen molar-refractivity contribution in [3.05, 3.63) is 11.8 Å². The van der Waals surface area contributed by atoms with Gasteiger partial charge in [0, 0.05) is 6.07 Å². The summed E-state index contributed by atoms with van der Waals surface area (Å²) in [5.74, 6) is -0.0970. The number of aliphatic carboxylic acids is 1. The van der Waals surface area contributed by atoms with Crippen molar-refractivity contribution in [3.8, 4) is 11.6 Å². The first-order valence-corrected chi connectivity index (χ1v) is 5.61. The van der Waals surface area contributed by atoms with Crippen molar-refractivity contribution >= 4 is 17.7 Å². The van der Waals surface area contributed by atoms with Gasteiger partial charge < -0.3 is 14.0 Å². The second-order valence-electron chi connectivity index (χ2n) is 3.29. The number of aromatic nitrogens is 3. The molecule has 2 heterocycles. The first-order chi connectivity index (χ1) is 8.06. The van der Waals surface area contributed by atoms with Crippen LogP contribution in [-0.4, -0.2) is 31.7 Å². The molecule has 0 aliphatic carbocycles. The molecule has 8 heteroatoms. The van der Waals surface area contributed by atoms with Crippen LogP contribution in [0.4, 0.5) is 0 Å². The Labute approximate surface area is 100 Å². The van der Waals surface area contributed by atoms with Crippen molar-refractivity contribution in [2.75, 3.05) is 0 Å². The van der Waals surface area contributed by atoms with E-state index in [0.717, 1.165) is 11.8 Å². The number of rotatable bonds is 4. The van der Waals surface area contributed by atoms with Gasteiger partial charge in [-0.3, -0.25) is 4.79 Å². The Morgan fingerprint density at radius 1 is 1.53 bits per heavy atom. The Morgan fingerprint density at radius 3 is 2.88 bits per heavy atom. The topological polar surface area (TPSA) is 102 Å². The number of aryl methyl sites for hydroxylation is 1. The number of carbonyl (C=O) groups is 1. The van der Waals surface area contributed by atoms with Gasteiger partial charge in [-0.25, -0.2) is 0 Å². The minimum atomic E-state index is -0.938. The zero-order chi connectivity index (χ0) is 12.4. The summed E-state index contributed by atoms with van der Waals surface area (Å²) in [5.41, 5.74) is 0.435. The van der Waals surface area contributed by atoms with Gasteiger partial charge in [0.2, 0.25) is 0 Å². The molecule has 0 radical (unpaired) electrons. The lowest BCUT2D eigenvalue weighted by Crippen LogP contribution is -2.10. The van der Waals surface area contributed by atoms with Gasteiger partial charge >= 0.3 is 5.97 Å². The maximum Gasteiger partial charge on any atom is 0.316 e. The molecule has 0 unspecified atom stereocenters. The molecule has 2 aromatic rings. The first-order valence-electron chi connectivity index (χ1n) is 4.73. The van der Waals surface area contributed by atoms with Crippen LogP contribution in [0.3, 0.4) is 0 Å². The molecular formula is C9H9N3O4S. The van der Waals surface area contributed by atoms with E-state index in [9.17, 15) is 4.79 Å². The lowest BCUT2D eigenvalue weighted by molar-refractivity contribution is -0.136. The van der Waals surface area contributed by atoms with Crippen molar-refractivity contribution < 1.29 is 18.8 Å². The maximum absolute atomic E-state index is 10.6. The Bertz CT molecular complexity index is 536. The van der Waals surface area contributed by atoms with Crippen molar-refractivity contribution in [2.45, 2.75) is 24.3 Å². The summed E-state index contributed by atoms with van der Waals surface area (Å²) in [5, 5.41) is 19.5. The average Bonchev–Trinajstić information content (AvgIpc) is 2.86. The van der Waals surface area contributed by atoms with Crippen molar-refractivity contribution in [1.82, 2.24) is 15.4 Å². The Morgan fingerprint density at radius 2 is 2.29 bits per heavy atom. The summed E-state index contributed by atoms with van der Waals surface area (Å²) in [4.78, 5) is 10.6. The minimum Gasteiger partial charge on any atom is -0.480 e. The van der Waals surface area contributed by atoms with E-state index in [0.29, 0.717) is 11.5 Å². The predicted molar refractivity (Wildman–Crippen MR) is 57.5 cm³/mol. The Balaban J connectivity index is 2.13. The number of hydrogen-bond acceptors (Lipinski definition) is 7. The third-order valence-corrected chi connectivity index (χ3v) is 2.80. The van der Waals surface area contributed by atoms with Crippen molar-refractivity contribution in [3.63, 3.8) is 0 Å². The van der Waals surface area contributed by atoms with Gasteiger partial charge in [-0.05, 0) is 13.8 Å². The SMILES string of the molecule is Cc1cc(-c2nnc(S[C@@H](C)C(=O)O)o2)no1. The van der Waals surface area contributed by atoms with E-state index < -0.39 is 11.2 Å². The van der Waals surface area contributed by atoms with Crippen LogP contribution in [0.15, 0.2) is 20.2 Å². The molecule has 0 fully saturated rings. The first kappa shape index (κ1) is 11.6. The summed E-state index contributed by atoms with van der Waals surface area (Å²) in [7, 11) is 0. The third kappa shape index (κ3) is 2.64. The fourth-order valence-corrected chi connectivity index (χ4v) is 1.65. The fraction of sp³-hybridized carbons (Fsp3) is 0.333. The van der Waals surface area contributed by atoms with E-state index in [1.165, 1.54) is 6.92 Å². The molecule has 0 saturated carbocycles. The summed E-state index contributed by atoms with van der Waals surface area (Å²) in [6.07, 6.45) is 0. The van der Waals surface area contributed by atoms with Crippen LogP contribution < -0.4 is 0 Å². The van der Waals surface area contributed by atoms with Crippen molar-refractivity contribution in [2.24, 2.45) is 0 Å². The number of carboxylic acids is 1. The molecule has 2 rings (SSSR count). The second kappa shape index (κ2) is 4.58. The Hall–Kier alpha value is -1.83. The van der Waals surface area contributed by atoms with Gasteiger partial charge in [-0.15, -0.1) is 10.2 Å². The molecule has 0 spiro atoms. The van der Waals surface area contributed by atoms with E-state index in [-0.39, 0.29) is 11.1 Å². The summed E-state index contributed by atoms with van der Waals surface area (Å²) < 4.78 is 10.1. The van der Waals surface area contributed by atoms with Crippen LogP contribution >= 0.6 is 11.8 Å². The van der Waals surface area contributed by atoms with Crippen LogP contribution in [0.2, 0.25) is 0 Å². The van der Waals surface area contributed by atoms with Crippen LogP contribution in [0.5, 0.6) is 0 Å². The van der Waals surface area contributed by atoms with E-state index >= 15 is 0 Å². The molecule has 17 heavy (non-hydrogen) atoms. The van der Waals surface area contributed by atoms with E-state index in [2.05, 4.69) is 15.4 Å². The average molecular weight is 255 g/mol. The van der Waals surface area contributed by atoms with Gasteiger partial charge in [-0.1, -0.05) is 16.9 Å². The molecule has 2 aromatic heterocycles. The molecule has 0 aliphatic heterocycles. The van der Waals surface area contributed by atoms with Gasteiger partial charge in [0.05, 0.1) is 0 Å². The van der Waals surface area contributed by atoms with Gasteiger partial charge in [0.15, 0.2) is 5.69 Å². The molecule has 0 amide bonds. The molecular weight excluding hydrogens is 246 g/mol. The molecule has 0 aliphatic rings.